The molecule has 6 nitrogen and oxygen atoms in total. The normalized spacial score (nSPS) is 19.6. The maximum Gasteiger partial charge on any atom is 0.280 e. The number of hydrogen-bond acceptors (Lipinski definition) is 5. The summed E-state index contributed by atoms with van der Waals surface area (Å²) in [5.74, 6) is -0.645. The molecular formula is C21H21NO5. The van der Waals surface area contributed by atoms with Crippen molar-refractivity contribution in [2.45, 2.75) is 32.1 Å². The maximum absolute atomic E-state index is 12.8. The standard InChI is InChI=1S/C21H21NO5/c1-13-9-15(11-16(10-13)27-2)14-7-8-18(20(23)12-14)21(24)17-5-3-4-6-19(17)22(25)26/h3-6,9-11,14,18H,7-8,12H2,1-2H3/t14-,18?/m0/s1. The third-order valence-corrected chi connectivity index (χ3v) is 5.10. The lowest BCUT2D eigenvalue weighted by Crippen LogP contribution is -2.30. The van der Waals surface area contributed by atoms with E-state index in [2.05, 4.69) is 0 Å². The molecule has 1 saturated carbocycles. The van der Waals surface area contributed by atoms with Crippen LogP contribution >= 0.6 is 0 Å². The first-order chi connectivity index (χ1) is 12.9. The van der Waals surface area contributed by atoms with E-state index in [9.17, 15) is 19.7 Å². The Morgan fingerprint density at radius 2 is 1.93 bits per heavy atom. The number of carbonyl (C=O) groups is 2. The number of para-hydroxylation sites is 1. The molecule has 1 aliphatic carbocycles. The Hall–Kier alpha value is -3.02. The summed E-state index contributed by atoms with van der Waals surface area (Å²) in [6.45, 7) is 1.97. The number of ether oxygens (including phenoxy) is 1. The number of nitro benzene ring substituents is 1. The van der Waals surface area contributed by atoms with Crippen LogP contribution in [0.1, 0.15) is 46.7 Å². The van der Waals surface area contributed by atoms with Crippen molar-refractivity contribution in [2.75, 3.05) is 7.11 Å². The Balaban J connectivity index is 1.80. The van der Waals surface area contributed by atoms with Crippen LogP contribution in [0.25, 0.3) is 0 Å². The molecule has 0 aliphatic heterocycles. The molecule has 1 unspecified atom stereocenters. The van der Waals surface area contributed by atoms with Crippen molar-refractivity contribution in [1.29, 1.82) is 0 Å². The molecule has 1 aliphatic rings. The van der Waals surface area contributed by atoms with Gasteiger partial charge in [-0.3, -0.25) is 19.7 Å². The molecule has 0 amide bonds. The zero-order valence-corrected chi connectivity index (χ0v) is 15.3. The summed E-state index contributed by atoms with van der Waals surface area (Å²) in [7, 11) is 1.60. The van der Waals surface area contributed by atoms with Gasteiger partial charge in [-0.05, 0) is 55.0 Å². The van der Waals surface area contributed by atoms with E-state index in [1.807, 2.05) is 25.1 Å². The van der Waals surface area contributed by atoms with Crippen LogP contribution in [-0.4, -0.2) is 23.6 Å². The van der Waals surface area contributed by atoms with Gasteiger partial charge in [0, 0.05) is 12.5 Å². The highest BCUT2D eigenvalue weighted by Crippen LogP contribution is 2.37. The predicted octanol–water partition coefficient (Wildman–Crippen LogP) is 4.25. The highest BCUT2D eigenvalue weighted by Gasteiger charge is 2.36. The largest absolute Gasteiger partial charge is 0.497 e. The van der Waals surface area contributed by atoms with Gasteiger partial charge in [-0.1, -0.05) is 18.2 Å². The SMILES string of the molecule is COc1cc(C)cc([C@H]2CCC(C(=O)c3ccccc3[N+](=O)[O-])C(=O)C2)c1. The molecular weight excluding hydrogens is 346 g/mol. The van der Waals surface area contributed by atoms with Crippen molar-refractivity contribution in [3.63, 3.8) is 0 Å². The number of carbonyl (C=O) groups excluding carboxylic acids is 2. The van der Waals surface area contributed by atoms with Crippen molar-refractivity contribution in [2.24, 2.45) is 5.92 Å². The fourth-order valence-electron chi connectivity index (χ4n) is 3.74. The Morgan fingerprint density at radius 3 is 2.59 bits per heavy atom. The smallest absolute Gasteiger partial charge is 0.280 e. The number of rotatable bonds is 5. The average Bonchev–Trinajstić information content (AvgIpc) is 2.66. The minimum Gasteiger partial charge on any atom is -0.497 e. The van der Waals surface area contributed by atoms with Crippen LogP contribution in [0.2, 0.25) is 0 Å². The van der Waals surface area contributed by atoms with Crippen LogP contribution < -0.4 is 4.74 Å². The molecule has 1 fully saturated rings. The van der Waals surface area contributed by atoms with E-state index in [1.54, 1.807) is 13.2 Å². The number of nitrogens with zero attached hydrogens (tertiary/aromatic N) is 1. The predicted molar refractivity (Wildman–Crippen MR) is 100 cm³/mol. The summed E-state index contributed by atoms with van der Waals surface area (Å²) in [6.07, 6.45) is 1.32. The quantitative estimate of drug-likeness (QED) is 0.341. The minimum atomic E-state index is -0.811. The summed E-state index contributed by atoms with van der Waals surface area (Å²) in [6, 6.07) is 11.7. The molecule has 0 N–H and O–H groups in total. The highest BCUT2D eigenvalue weighted by atomic mass is 16.6. The summed E-state index contributed by atoms with van der Waals surface area (Å²) >= 11 is 0. The molecule has 3 rings (SSSR count). The second-order valence-corrected chi connectivity index (χ2v) is 6.92. The molecule has 0 heterocycles. The molecule has 27 heavy (non-hydrogen) atoms. The molecule has 0 bridgehead atoms. The number of hydrogen-bond donors (Lipinski definition) is 0. The number of nitro groups is 1. The molecule has 0 saturated heterocycles. The molecule has 2 atom stereocenters. The van der Waals surface area contributed by atoms with Crippen LogP contribution in [0, 0.1) is 23.0 Å². The van der Waals surface area contributed by atoms with Crippen LogP contribution in [0.5, 0.6) is 5.75 Å². The van der Waals surface area contributed by atoms with Gasteiger partial charge in [0.2, 0.25) is 0 Å². The molecule has 0 radical (unpaired) electrons. The lowest BCUT2D eigenvalue weighted by Gasteiger charge is -2.27. The van der Waals surface area contributed by atoms with Gasteiger partial charge in [0.1, 0.15) is 11.5 Å². The van der Waals surface area contributed by atoms with Gasteiger partial charge in [-0.25, -0.2) is 0 Å². The molecule has 2 aromatic carbocycles. The number of aryl methyl sites for hydroxylation is 1. The summed E-state index contributed by atoms with van der Waals surface area (Å²) in [4.78, 5) is 36.1. The van der Waals surface area contributed by atoms with E-state index in [0.717, 1.165) is 16.9 Å². The van der Waals surface area contributed by atoms with E-state index in [0.29, 0.717) is 12.8 Å². The van der Waals surface area contributed by atoms with E-state index in [-0.39, 0.29) is 29.4 Å². The third-order valence-electron chi connectivity index (χ3n) is 5.10. The highest BCUT2D eigenvalue weighted by molar-refractivity contribution is 6.12. The van der Waals surface area contributed by atoms with Gasteiger partial charge < -0.3 is 4.74 Å². The van der Waals surface area contributed by atoms with Crippen LogP contribution in [0.4, 0.5) is 5.69 Å². The topological polar surface area (TPSA) is 86.5 Å². The van der Waals surface area contributed by atoms with Crippen molar-refractivity contribution < 1.29 is 19.2 Å². The monoisotopic (exact) mass is 367 g/mol. The van der Waals surface area contributed by atoms with Crippen molar-refractivity contribution >= 4 is 17.3 Å². The summed E-state index contributed by atoms with van der Waals surface area (Å²) < 4.78 is 5.30. The first-order valence-corrected chi connectivity index (χ1v) is 8.86. The van der Waals surface area contributed by atoms with Gasteiger partial charge in [0.05, 0.1) is 23.5 Å². The average molecular weight is 367 g/mol. The molecule has 6 heteroatoms. The van der Waals surface area contributed by atoms with Crippen LogP contribution in [-0.2, 0) is 4.79 Å². The zero-order valence-electron chi connectivity index (χ0n) is 15.3. The van der Waals surface area contributed by atoms with E-state index in [4.69, 9.17) is 4.74 Å². The van der Waals surface area contributed by atoms with Crippen LogP contribution in [0.3, 0.4) is 0 Å². The van der Waals surface area contributed by atoms with Crippen LogP contribution in [0.15, 0.2) is 42.5 Å². The van der Waals surface area contributed by atoms with Gasteiger partial charge >= 0.3 is 0 Å². The van der Waals surface area contributed by atoms with Gasteiger partial charge in [0.25, 0.3) is 5.69 Å². The minimum absolute atomic E-state index is 0.0107. The Labute approximate surface area is 157 Å². The lowest BCUT2D eigenvalue weighted by atomic mass is 9.75. The number of benzene rings is 2. The Morgan fingerprint density at radius 1 is 1.19 bits per heavy atom. The summed E-state index contributed by atoms with van der Waals surface area (Å²) in [5, 5.41) is 11.2. The van der Waals surface area contributed by atoms with Gasteiger partial charge in [0.15, 0.2) is 5.78 Å². The maximum atomic E-state index is 12.8. The number of ketones is 2. The Bertz CT molecular complexity index is 905. The van der Waals surface area contributed by atoms with E-state index in [1.165, 1.54) is 18.2 Å². The molecule has 0 spiro atoms. The number of methoxy groups -OCH3 is 1. The van der Waals surface area contributed by atoms with Gasteiger partial charge in [-0.15, -0.1) is 0 Å². The fraction of sp³-hybridized carbons (Fsp3) is 0.333. The zero-order chi connectivity index (χ0) is 19.6. The third kappa shape index (κ3) is 3.89. The molecule has 2 aromatic rings. The van der Waals surface area contributed by atoms with Crippen molar-refractivity contribution in [3.05, 3.63) is 69.3 Å². The summed E-state index contributed by atoms with van der Waals surface area (Å²) in [5.41, 5.74) is 1.84. The second-order valence-electron chi connectivity index (χ2n) is 6.92. The second kappa shape index (κ2) is 7.70. The fourth-order valence-corrected chi connectivity index (χ4v) is 3.74. The van der Waals surface area contributed by atoms with E-state index < -0.39 is 16.6 Å². The van der Waals surface area contributed by atoms with Crippen molar-refractivity contribution in [1.82, 2.24) is 0 Å². The first-order valence-electron chi connectivity index (χ1n) is 8.86. The number of Topliss-reactive ketones (excluding diaryl/α,β-unsaturated/α-hetero) is 2. The van der Waals surface area contributed by atoms with Gasteiger partial charge in [-0.2, -0.15) is 0 Å². The van der Waals surface area contributed by atoms with Crippen molar-refractivity contribution in [3.8, 4) is 5.75 Å². The van der Waals surface area contributed by atoms with E-state index >= 15 is 0 Å². The molecule has 140 valence electrons. The lowest BCUT2D eigenvalue weighted by molar-refractivity contribution is -0.385. The Kier molecular flexibility index (Phi) is 5.35. The molecule has 0 aromatic heterocycles. The first kappa shape index (κ1) is 18.8.